The number of hydrogen-bond donors (Lipinski definition) is 0. The molecule has 1 fully saturated rings. The van der Waals surface area contributed by atoms with Crippen LogP contribution in [0.2, 0.25) is 5.15 Å². The van der Waals surface area contributed by atoms with Gasteiger partial charge in [0.25, 0.3) is 0 Å². The van der Waals surface area contributed by atoms with Crippen molar-refractivity contribution in [2.45, 2.75) is 70.8 Å². The topological polar surface area (TPSA) is 35.0 Å². The Kier molecular flexibility index (Phi) is 4.00. The molecule has 21 heavy (non-hydrogen) atoms. The Balaban J connectivity index is 1.96. The van der Waals surface area contributed by atoms with E-state index >= 15 is 0 Å². The van der Waals surface area contributed by atoms with Crippen LogP contribution in [-0.2, 0) is 23.2 Å². The van der Waals surface area contributed by atoms with Crippen LogP contribution in [0.25, 0.3) is 0 Å². The lowest BCUT2D eigenvalue weighted by Crippen LogP contribution is -2.38. The second-order valence-corrected chi connectivity index (χ2v) is 7.69. The van der Waals surface area contributed by atoms with Gasteiger partial charge in [-0.2, -0.15) is 0 Å². The highest BCUT2D eigenvalue weighted by molar-refractivity contribution is 6.30. The van der Waals surface area contributed by atoms with Gasteiger partial charge in [0.2, 0.25) is 0 Å². The summed E-state index contributed by atoms with van der Waals surface area (Å²) in [6, 6.07) is 0. The van der Waals surface area contributed by atoms with Gasteiger partial charge in [0.05, 0.1) is 0 Å². The summed E-state index contributed by atoms with van der Waals surface area (Å²) < 4.78 is 5.92. The average molecular weight is 309 g/mol. The van der Waals surface area contributed by atoms with Gasteiger partial charge in [-0.15, -0.1) is 0 Å². The number of hydrogen-bond acceptors (Lipinski definition) is 3. The summed E-state index contributed by atoms with van der Waals surface area (Å²) in [5.41, 5.74) is 2.36. The van der Waals surface area contributed by atoms with Crippen LogP contribution >= 0.6 is 11.6 Å². The van der Waals surface area contributed by atoms with E-state index in [0.717, 1.165) is 55.6 Å². The summed E-state index contributed by atoms with van der Waals surface area (Å²) in [6.45, 7) is 4.65. The van der Waals surface area contributed by atoms with Crippen LogP contribution in [0.5, 0.6) is 0 Å². The van der Waals surface area contributed by atoms with Gasteiger partial charge in [0, 0.05) is 18.4 Å². The van der Waals surface area contributed by atoms with Crippen LogP contribution in [0.3, 0.4) is 0 Å². The Morgan fingerprint density at radius 2 is 1.67 bits per heavy atom. The van der Waals surface area contributed by atoms with Crippen LogP contribution in [0.4, 0.5) is 0 Å². The van der Waals surface area contributed by atoms with Crippen molar-refractivity contribution in [1.82, 2.24) is 9.97 Å². The van der Waals surface area contributed by atoms with Crippen molar-refractivity contribution in [1.29, 1.82) is 0 Å². The minimum atomic E-state index is -0.342. The van der Waals surface area contributed by atoms with Crippen molar-refractivity contribution >= 4 is 11.6 Å². The SMILES string of the molecule is COC1(c2nc(Cl)c3c(n2)CCCC3)CCC(C)(C)CC1. The first-order valence-electron chi connectivity index (χ1n) is 8.07. The van der Waals surface area contributed by atoms with E-state index in [2.05, 4.69) is 18.8 Å². The van der Waals surface area contributed by atoms with Crippen molar-refractivity contribution in [2.24, 2.45) is 5.41 Å². The van der Waals surface area contributed by atoms with Crippen LogP contribution in [0, 0.1) is 5.41 Å². The van der Waals surface area contributed by atoms with Gasteiger partial charge in [-0.05, 0) is 56.8 Å². The second-order valence-electron chi connectivity index (χ2n) is 7.33. The van der Waals surface area contributed by atoms with Gasteiger partial charge in [0.15, 0.2) is 5.82 Å². The summed E-state index contributed by atoms with van der Waals surface area (Å²) in [5, 5.41) is 0.649. The fourth-order valence-electron chi connectivity index (χ4n) is 3.60. The van der Waals surface area contributed by atoms with Gasteiger partial charge in [-0.3, -0.25) is 0 Å². The van der Waals surface area contributed by atoms with E-state index in [4.69, 9.17) is 21.3 Å². The first-order chi connectivity index (χ1) is 9.96. The number of rotatable bonds is 2. The molecule has 0 aromatic carbocycles. The molecular weight excluding hydrogens is 284 g/mol. The Labute approximate surface area is 132 Å². The Morgan fingerprint density at radius 3 is 2.33 bits per heavy atom. The minimum Gasteiger partial charge on any atom is -0.370 e. The number of methoxy groups -OCH3 is 1. The standard InChI is InChI=1S/C17H25ClN2O/c1-16(2)8-10-17(21-3,11-9-16)15-19-13-7-5-4-6-12(13)14(18)20-15/h4-11H2,1-3H3. The van der Waals surface area contributed by atoms with E-state index in [-0.39, 0.29) is 5.60 Å². The van der Waals surface area contributed by atoms with E-state index in [0.29, 0.717) is 10.6 Å². The van der Waals surface area contributed by atoms with Crippen molar-refractivity contribution in [3.05, 3.63) is 22.2 Å². The van der Waals surface area contributed by atoms with Crippen molar-refractivity contribution < 1.29 is 4.74 Å². The molecule has 0 radical (unpaired) electrons. The first-order valence-corrected chi connectivity index (χ1v) is 8.45. The molecule has 1 aromatic rings. The minimum absolute atomic E-state index is 0.342. The highest BCUT2D eigenvalue weighted by atomic mass is 35.5. The highest BCUT2D eigenvalue weighted by Gasteiger charge is 2.42. The Bertz CT molecular complexity index is 532. The van der Waals surface area contributed by atoms with Gasteiger partial charge in [0.1, 0.15) is 10.8 Å². The van der Waals surface area contributed by atoms with Gasteiger partial charge in [-0.25, -0.2) is 9.97 Å². The third kappa shape index (κ3) is 2.83. The fourth-order valence-corrected chi connectivity index (χ4v) is 3.89. The van der Waals surface area contributed by atoms with Gasteiger partial charge < -0.3 is 4.74 Å². The first kappa shape index (κ1) is 15.2. The van der Waals surface area contributed by atoms with Crippen molar-refractivity contribution in [3.63, 3.8) is 0 Å². The lowest BCUT2D eigenvalue weighted by atomic mass is 9.70. The summed E-state index contributed by atoms with van der Waals surface area (Å²) in [5.74, 6) is 0.811. The average Bonchev–Trinajstić information content (AvgIpc) is 2.48. The molecule has 2 aliphatic rings. The molecule has 0 N–H and O–H groups in total. The summed E-state index contributed by atoms with van der Waals surface area (Å²) in [4.78, 5) is 9.50. The van der Waals surface area contributed by atoms with Crippen molar-refractivity contribution in [2.75, 3.05) is 7.11 Å². The Hall–Kier alpha value is -0.670. The summed E-state index contributed by atoms with van der Waals surface area (Å²) in [7, 11) is 1.79. The molecule has 4 heteroatoms. The van der Waals surface area contributed by atoms with E-state index in [9.17, 15) is 0 Å². The molecule has 3 rings (SSSR count). The number of halogens is 1. The van der Waals surface area contributed by atoms with Crippen LogP contribution in [-0.4, -0.2) is 17.1 Å². The number of fused-ring (bicyclic) bond motifs is 1. The molecule has 0 bridgehead atoms. The van der Waals surface area contributed by atoms with Gasteiger partial charge >= 0.3 is 0 Å². The predicted molar refractivity (Wildman–Crippen MR) is 84.6 cm³/mol. The Morgan fingerprint density at radius 1 is 1.00 bits per heavy atom. The van der Waals surface area contributed by atoms with Crippen LogP contribution in [0.1, 0.15) is 69.5 Å². The smallest absolute Gasteiger partial charge is 0.162 e. The molecule has 2 aliphatic carbocycles. The summed E-state index contributed by atoms with van der Waals surface area (Å²) >= 11 is 6.43. The normalized spacial score (nSPS) is 23.6. The van der Waals surface area contributed by atoms with E-state index in [1.54, 1.807) is 7.11 Å². The van der Waals surface area contributed by atoms with E-state index in [1.807, 2.05) is 0 Å². The number of ether oxygens (including phenoxy) is 1. The maximum atomic E-state index is 6.43. The van der Waals surface area contributed by atoms with E-state index in [1.165, 1.54) is 12.8 Å². The molecular formula is C17H25ClN2O. The van der Waals surface area contributed by atoms with E-state index < -0.39 is 0 Å². The zero-order chi connectivity index (χ0) is 15.1. The molecule has 0 aliphatic heterocycles. The highest BCUT2D eigenvalue weighted by Crippen LogP contribution is 2.46. The number of nitrogens with zero attached hydrogens (tertiary/aromatic N) is 2. The van der Waals surface area contributed by atoms with Crippen LogP contribution in [0.15, 0.2) is 0 Å². The van der Waals surface area contributed by atoms with Crippen molar-refractivity contribution in [3.8, 4) is 0 Å². The third-order valence-corrected chi connectivity index (χ3v) is 5.65. The number of aromatic nitrogens is 2. The molecule has 0 unspecified atom stereocenters. The zero-order valence-corrected chi connectivity index (χ0v) is 14.1. The predicted octanol–water partition coefficient (Wildman–Crippen LogP) is 4.45. The lowest BCUT2D eigenvalue weighted by Gasteiger charge is -2.41. The van der Waals surface area contributed by atoms with Gasteiger partial charge in [-0.1, -0.05) is 25.4 Å². The zero-order valence-electron chi connectivity index (χ0n) is 13.3. The molecule has 116 valence electrons. The molecule has 0 spiro atoms. The summed E-state index contributed by atoms with van der Waals surface area (Å²) in [6.07, 6.45) is 8.66. The van der Waals surface area contributed by atoms with Crippen LogP contribution < -0.4 is 0 Å². The second kappa shape index (κ2) is 5.51. The number of aryl methyl sites for hydroxylation is 1. The maximum absolute atomic E-state index is 6.43. The molecule has 0 amide bonds. The molecule has 0 saturated heterocycles. The maximum Gasteiger partial charge on any atom is 0.162 e. The fraction of sp³-hybridized carbons (Fsp3) is 0.765. The quantitative estimate of drug-likeness (QED) is 0.757. The lowest BCUT2D eigenvalue weighted by molar-refractivity contribution is -0.0731. The molecule has 0 atom stereocenters. The third-order valence-electron chi connectivity index (χ3n) is 5.34. The molecule has 3 nitrogen and oxygen atoms in total. The molecule has 1 aromatic heterocycles. The molecule has 1 heterocycles. The largest absolute Gasteiger partial charge is 0.370 e. The molecule has 1 saturated carbocycles. The monoisotopic (exact) mass is 308 g/mol.